The molecule has 3 aromatic carbocycles. The molecule has 0 aliphatic carbocycles. The van der Waals surface area contributed by atoms with E-state index in [4.69, 9.17) is 0 Å². The lowest BCUT2D eigenvalue weighted by Gasteiger charge is -2.32. The van der Waals surface area contributed by atoms with Crippen molar-refractivity contribution in [1.29, 1.82) is 0 Å². The zero-order chi connectivity index (χ0) is 22.9. The van der Waals surface area contributed by atoms with Crippen LogP contribution in [0.4, 0.5) is 0 Å². The second-order valence-electron chi connectivity index (χ2n) is 8.21. The average molecular weight is 429 g/mol. The maximum atomic E-state index is 13.6. The molecule has 0 aromatic heterocycles. The first-order valence-corrected chi connectivity index (χ1v) is 11.2. The lowest BCUT2D eigenvalue weighted by Crippen LogP contribution is -2.51. The van der Waals surface area contributed by atoms with E-state index in [0.29, 0.717) is 19.5 Å². The molecule has 4 heteroatoms. The fraction of sp³-hybridized carbons (Fsp3) is 0.286. The Morgan fingerprint density at radius 1 is 0.875 bits per heavy atom. The fourth-order valence-corrected chi connectivity index (χ4v) is 3.92. The van der Waals surface area contributed by atoms with Crippen LogP contribution in [0.25, 0.3) is 0 Å². The van der Waals surface area contributed by atoms with E-state index in [1.165, 1.54) is 0 Å². The van der Waals surface area contributed by atoms with Crippen LogP contribution in [0.15, 0.2) is 78.9 Å². The third-order valence-electron chi connectivity index (χ3n) is 5.66. The minimum Gasteiger partial charge on any atom is -0.355 e. The number of aryl methyl sites for hydroxylation is 2. The molecule has 4 nitrogen and oxygen atoms in total. The predicted octanol–water partition coefficient (Wildman–Crippen LogP) is 4.62. The number of rotatable bonds is 9. The smallest absolute Gasteiger partial charge is 0.243 e. The summed E-state index contributed by atoms with van der Waals surface area (Å²) in [6.45, 7) is 6.88. The van der Waals surface area contributed by atoms with E-state index in [-0.39, 0.29) is 18.2 Å². The van der Waals surface area contributed by atoms with Crippen LogP contribution in [0.1, 0.15) is 34.7 Å². The molecule has 0 fully saturated rings. The van der Waals surface area contributed by atoms with Gasteiger partial charge in [-0.2, -0.15) is 0 Å². The Morgan fingerprint density at radius 3 is 2.25 bits per heavy atom. The summed E-state index contributed by atoms with van der Waals surface area (Å²) in [7, 11) is 0. The first-order valence-electron chi connectivity index (χ1n) is 11.2. The Balaban J connectivity index is 1.97. The second kappa shape index (κ2) is 11.3. The SMILES string of the molecule is CCNC(=O)[C@@H](Cc1ccccc1)N(Cc1ccccc1C)C(=O)Cc1cccc(C)c1. The van der Waals surface area contributed by atoms with Crippen LogP contribution in [0.5, 0.6) is 0 Å². The van der Waals surface area contributed by atoms with Crippen LogP contribution < -0.4 is 5.32 Å². The van der Waals surface area contributed by atoms with Crippen LogP contribution in [0.3, 0.4) is 0 Å². The molecule has 32 heavy (non-hydrogen) atoms. The molecule has 2 amide bonds. The van der Waals surface area contributed by atoms with Gasteiger partial charge in [-0.3, -0.25) is 9.59 Å². The van der Waals surface area contributed by atoms with Gasteiger partial charge in [-0.25, -0.2) is 0 Å². The topological polar surface area (TPSA) is 49.4 Å². The zero-order valence-electron chi connectivity index (χ0n) is 19.2. The van der Waals surface area contributed by atoms with Crippen LogP contribution >= 0.6 is 0 Å². The van der Waals surface area contributed by atoms with Crippen molar-refractivity contribution in [2.45, 2.75) is 46.2 Å². The molecule has 3 aromatic rings. The van der Waals surface area contributed by atoms with Gasteiger partial charge in [-0.15, -0.1) is 0 Å². The minimum atomic E-state index is -0.589. The van der Waals surface area contributed by atoms with Crippen molar-refractivity contribution in [2.24, 2.45) is 0 Å². The van der Waals surface area contributed by atoms with Gasteiger partial charge in [0, 0.05) is 19.5 Å². The third-order valence-corrected chi connectivity index (χ3v) is 5.66. The first-order chi connectivity index (χ1) is 15.5. The second-order valence-corrected chi connectivity index (χ2v) is 8.21. The number of nitrogens with one attached hydrogen (secondary N) is 1. The number of carbonyl (C=O) groups excluding carboxylic acids is 2. The van der Waals surface area contributed by atoms with E-state index in [1.54, 1.807) is 4.90 Å². The lowest BCUT2D eigenvalue weighted by molar-refractivity contribution is -0.140. The highest BCUT2D eigenvalue weighted by atomic mass is 16.2. The Labute approximate surface area is 191 Å². The van der Waals surface area contributed by atoms with Gasteiger partial charge in [0.1, 0.15) is 6.04 Å². The Kier molecular flexibility index (Phi) is 8.20. The molecular formula is C28H32N2O2. The largest absolute Gasteiger partial charge is 0.355 e. The normalized spacial score (nSPS) is 11.6. The maximum absolute atomic E-state index is 13.6. The molecule has 0 aliphatic rings. The van der Waals surface area contributed by atoms with Crippen molar-refractivity contribution in [3.63, 3.8) is 0 Å². The highest BCUT2D eigenvalue weighted by molar-refractivity contribution is 5.88. The summed E-state index contributed by atoms with van der Waals surface area (Å²) in [5.74, 6) is -0.173. The molecule has 0 bridgehead atoms. The van der Waals surface area contributed by atoms with Crippen LogP contribution in [-0.2, 0) is 29.0 Å². The highest BCUT2D eigenvalue weighted by Crippen LogP contribution is 2.18. The summed E-state index contributed by atoms with van der Waals surface area (Å²) >= 11 is 0. The molecule has 0 saturated carbocycles. The van der Waals surface area contributed by atoms with Gasteiger partial charge in [0.2, 0.25) is 11.8 Å². The summed E-state index contributed by atoms with van der Waals surface area (Å²) in [5.41, 5.74) is 5.26. The molecule has 0 aliphatic heterocycles. The monoisotopic (exact) mass is 428 g/mol. The predicted molar refractivity (Wildman–Crippen MR) is 129 cm³/mol. The van der Waals surface area contributed by atoms with Crippen molar-refractivity contribution in [3.8, 4) is 0 Å². The summed E-state index contributed by atoms with van der Waals surface area (Å²) in [6.07, 6.45) is 0.733. The summed E-state index contributed by atoms with van der Waals surface area (Å²) in [6, 6.07) is 25.3. The average Bonchev–Trinajstić information content (AvgIpc) is 2.78. The van der Waals surface area contributed by atoms with Gasteiger partial charge < -0.3 is 10.2 Å². The number of hydrogen-bond acceptors (Lipinski definition) is 2. The third kappa shape index (κ3) is 6.30. The quantitative estimate of drug-likeness (QED) is 0.541. The summed E-state index contributed by atoms with van der Waals surface area (Å²) in [5, 5.41) is 2.94. The van der Waals surface area contributed by atoms with Crippen molar-refractivity contribution < 1.29 is 9.59 Å². The number of likely N-dealkylation sites (N-methyl/N-ethyl adjacent to an activating group) is 1. The van der Waals surface area contributed by atoms with Gasteiger partial charge in [0.15, 0.2) is 0 Å². The van der Waals surface area contributed by atoms with Crippen LogP contribution in [0.2, 0.25) is 0 Å². The molecular weight excluding hydrogens is 396 g/mol. The number of amides is 2. The summed E-state index contributed by atoms with van der Waals surface area (Å²) in [4.78, 5) is 28.5. The fourth-order valence-electron chi connectivity index (χ4n) is 3.92. The van der Waals surface area contributed by atoms with E-state index in [0.717, 1.165) is 27.8 Å². The first kappa shape index (κ1) is 23.3. The van der Waals surface area contributed by atoms with Crippen LogP contribution in [0, 0.1) is 13.8 Å². The Morgan fingerprint density at radius 2 is 1.56 bits per heavy atom. The van der Waals surface area contributed by atoms with E-state index in [1.807, 2.05) is 99.6 Å². The van der Waals surface area contributed by atoms with Gasteiger partial charge in [0.25, 0.3) is 0 Å². The molecule has 3 rings (SSSR count). The van der Waals surface area contributed by atoms with Gasteiger partial charge in [-0.05, 0) is 43.0 Å². The number of carbonyl (C=O) groups is 2. The zero-order valence-corrected chi connectivity index (χ0v) is 19.2. The molecule has 0 saturated heterocycles. The molecule has 0 unspecified atom stereocenters. The molecule has 0 radical (unpaired) electrons. The van der Waals surface area contributed by atoms with Crippen molar-refractivity contribution in [1.82, 2.24) is 10.2 Å². The number of nitrogens with zero attached hydrogens (tertiary/aromatic N) is 1. The molecule has 1 atom stereocenters. The molecule has 0 heterocycles. The molecule has 166 valence electrons. The Bertz CT molecular complexity index is 1050. The van der Waals surface area contributed by atoms with E-state index in [2.05, 4.69) is 5.32 Å². The van der Waals surface area contributed by atoms with E-state index in [9.17, 15) is 9.59 Å². The maximum Gasteiger partial charge on any atom is 0.243 e. The van der Waals surface area contributed by atoms with Gasteiger partial charge in [0.05, 0.1) is 6.42 Å². The van der Waals surface area contributed by atoms with Crippen molar-refractivity contribution >= 4 is 11.8 Å². The van der Waals surface area contributed by atoms with E-state index < -0.39 is 6.04 Å². The van der Waals surface area contributed by atoms with Crippen molar-refractivity contribution in [2.75, 3.05) is 6.54 Å². The molecule has 1 N–H and O–H groups in total. The Hall–Kier alpha value is -3.40. The van der Waals surface area contributed by atoms with E-state index >= 15 is 0 Å². The van der Waals surface area contributed by atoms with Gasteiger partial charge in [-0.1, -0.05) is 84.4 Å². The van der Waals surface area contributed by atoms with Crippen molar-refractivity contribution in [3.05, 3.63) is 107 Å². The summed E-state index contributed by atoms with van der Waals surface area (Å²) < 4.78 is 0. The van der Waals surface area contributed by atoms with Crippen LogP contribution in [-0.4, -0.2) is 29.3 Å². The lowest BCUT2D eigenvalue weighted by atomic mass is 10.00. The van der Waals surface area contributed by atoms with Gasteiger partial charge >= 0.3 is 0 Å². The number of hydrogen-bond donors (Lipinski definition) is 1. The minimum absolute atomic E-state index is 0.0500. The molecule has 0 spiro atoms. The standard InChI is InChI=1S/C28H32N2O2/c1-4-29-28(32)26(18-23-13-6-5-7-14-23)30(20-25-16-9-8-12-22(25)3)27(31)19-24-15-10-11-21(2)17-24/h5-17,26H,4,18-20H2,1-3H3,(H,29,32)/t26-/m1/s1. The highest BCUT2D eigenvalue weighted by Gasteiger charge is 2.30. The number of benzene rings is 3.